The summed E-state index contributed by atoms with van der Waals surface area (Å²) in [4.78, 5) is 11.0. The van der Waals surface area contributed by atoms with Gasteiger partial charge in [-0.3, -0.25) is 4.79 Å². The number of primary amides is 1. The lowest BCUT2D eigenvalue weighted by molar-refractivity contribution is -0.117. The molecule has 2 N–H and O–H groups in total. The van der Waals surface area contributed by atoms with Crippen LogP contribution < -0.4 is 10.5 Å². The van der Waals surface area contributed by atoms with Crippen LogP contribution in [0, 0.1) is 0 Å². The molecule has 0 atom stereocenters. The number of fused-ring (bicyclic) bond motifs is 1. The second-order valence-corrected chi connectivity index (χ2v) is 6.07. The highest BCUT2D eigenvalue weighted by atomic mass is 32.1. The predicted molar refractivity (Wildman–Crippen MR) is 90.1 cm³/mol. The van der Waals surface area contributed by atoms with E-state index in [2.05, 4.69) is 11.4 Å². The van der Waals surface area contributed by atoms with E-state index in [-0.39, 0.29) is 5.91 Å². The van der Waals surface area contributed by atoms with Crippen LogP contribution in [0.5, 0.6) is 5.75 Å². The minimum Gasteiger partial charge on any atom is -0.489 e. The summed E-state index contributed by atoms with van der Waals surface area (Å²) in [5, 5.41) is 3.24. The third kappa shape index (κ3) is 3.46. The van der Waals surface area contributed by atoms with Gasteiger partial charge in [0.15, 0.2) is 0 Å². The van der Waals surface area contributed by atoms with Crippen LogP contribution in [-0.2, 0) is 17.8 Å². The highest BCUT2D eigenvalue weighted by molar-refractivity contribution is 7.17. The number of carbonyl (C=O) groups is 1. The molecule has 0 spiro atoms. The average molecular weight is 311 g/mol. The molecule has 0 aliphatic carbocycles. The molecule has 0 aliphatic heterocycles. The number of carbonyl (C=O) groups excluding carboxylic acids is 1. The molecule has 0 radical (unpaired) electrons. The molecule has 3 nitrogen and oxygen atoms in total. The molecule has 1 aromatic heterocycles. The Morgan fingerprint density at radius 2 is 1.95 bits per heavy atom. The lowest BCUT2D eigenvalue weighted by Crippen LogP contribution is -2.10. The third-order valence-electron chi connectivity index (χ3n) is 3.51. The first-order valence-electron chi connectivity index (χ1n) is 7.17. The monoisotopic (exact) mass is 311 g/mol. The number of benzene rings is 2. The van der Waals surface area contributed by atoms with Crippen LogP contribution in [0.4, 0.5) is 0 Å². The van der Waals surface area contributed by atoms with Gasteiger partial charge in [-0.15, -0.1) is 11.3 Å². The molecular formula is C18H17NO2S. The smallest absolute Gasteiger partial charge is 0.217 e. The second kappa shape index (κ2) is 6.62. The van der Waals surface area contributed by atoms with Crippen molar-refractivity contribution in [1.82, 2.24) is 0 Å². The lowest BCUT2D eigenvalue weighted by Gasteiger charge is -2.07. The fourth-order valence-electron chi connectivity index (χ4n) is 2.34. The maximum absolute atomic E-state index is 11.0. The van der Waals surface area contributed by atoms with E-state index in [0.717, 1.165) is 22.3 Å². The third-order valence-corrected chi connectivity index (χ3v) is 4.53. The van der Waals surface area contributed by atoms with Gasteiger partial charge >= 0.3 is 0 Å². The Morgan fingerprint density at radius 3 is 2.73 bits per heavy atom. The molecule has 2 aromatic carbocycles. The topological polar surface area (TPSA) is 52.3 Å². The molecule has 4 heteroatoms. The fraction of sp³-hybridized carbons (Fsp3) is 0.167. The summed E-state index contributed by atoms with van der Waals surface area (Å²) in [5.74, 6) is 0.575. The normalized spacial score (nSPS) is 10.7. The van der Waals surface area contributed by atoms with Gasteiger partial charge in [0, 0.05) is 11.1 Å². The summed E-state index contributed by atoms with van der Waals surface area (Å²) >= 11 is 1.68. The van der Waals surface area contributed by atoms with Crippen molar-refractivity contribution in [2.75, 3.05) is 0 Å². The Labute approximate surface area is 133 Å². The Morgan fingerprint density at radius 1 is 1.14 bits per heavy atom. The van der Waals surface area contributed by atoms with E-state index in [1.807, 2.05) is 42.5 Å². The summed E-state index contributed by atoms with van der Waals surface area (Å²) in [5.41, 5.74) is 7.53. The number of aryl methyl sites for hydroxylation is 1. The quantitative estimate of drug-likeness (QED) is 0.750. The maximum atomic E-state index is 11.0. The van der Waals surface area contributed by atoms with Gasteiger partial charge in [0.1, 0.15) is 12.4 Å². The van der Waals surface area contributed by atoms with Crippen molar-refractivity contribution >= 4 is 27.3 Å². The molecule has 1 amide bonds. The number of nitrogens with two attached hydrogens (primary N) is 1. The minimum absolute atomic E-state index is 0.268. The molecule has 0 unspecified atom stereocenters. The molecule has 0 fully saturated rings. The summed E-state index contributed by atoms with van der Waals surface area (Å²) < 4.78 is 7.06. The molecule has 3 aromatic rings. The van der Waals surface area contributed by atoms with Crippen molar-refractivity contribution in [2.45, 2.75) is 19.4 Å². The summed E-state index contributed by atoms with van der Waals surface area (Å²) in [6.45, 7) is 0.549. The Bertz CT molecular complexity index is 780. The van der Waals surface area contributed by atoms with Crippen molar-refractivity contribution in [1.29, 1.82) is 0 Å². The van der Waals surface area contributed by atoms with Crippen LogP contribution in [0.1, 0.15) is 17.5 Å². The first-order valence-corrected chi connectivity index (χ1v) is 8.05. The SMILES string of the molecule is NC(=O)CCc1csc2ccc(OCc3ccccc3)cc12. The highest BCUT2D eigenvalue weighted by Crippen LogP contribution is 2.30. The molecule has 112 valence electrons. The van der Waals surface area contributed by atoms with Gasteiger partial charge in [-0.05, 0) is 46.5 Å². The van der Waals surface area contributed by atoms with E-state index in [4.69, 9.17) is 10.5 Å². The standard InChI is InChI=1S/C18H17NO2S/c19-18(20)9-6-14-12-22-17-8-7-15(10-16(14)17)21-11-13-4-2-1-3-5-13/h1-5,7-8,10,12H,6,9,11H2,(H2,19,20). The zero-order valence-electron chi connectivity index (χ0n) is 12.1. The molecule has 3 rings (SSSR count). The molecule has 0 bridgehead atoms. The fourth-order valence-corrected chi connectivity index (χ4v) is 3.32. The molecule has 0 aliphatic rings. The molecule has 0 saturated carbocycles. The second-order valence-electron chi connectivity index (χ2n) is 5.16. The first kappa shape index (κ1) is 14.6. The minimum atomic E-state index is -0.268. The van der Waals surface area contributed by atoms with Crippen molar-refractivity contribution in [3.05, 3.63) is 65.0 Å². The lowest BCUT2D eigenvalue weighted by atomic mass is 10.1. The van der Waals surface area contributed by atoms with Gasteiger partial charge in [-0.2, -0.15) is 0 Å². The predicted octanol–water partition coefficient (Wildman–Crippen LogP) is 3.90. The Kier molecular flexibility index (Phi) is 4.39. The van der Waals surface area contributed by atoms with E-state index < -0.39 is 0 Å². The van der Waals surface area contributed by atoms with Crippen LogP contribution in [-0.4, -0.2) is 5.91 Å². The van der Waals surface area contributed by atoms with Gasteiger partial charge < -0.3 is 10.5 Å². The number of hydrogen-bond donors (Lipinski definition) is 1. The van der Waals surface area contributed by atoms with E-state index in [9.17, 15) is 4.79 Å². The zero-order chi connectivity index (χ0) is 15.4. The van der Waals surface area contributed by atoms with Crippen molar-refractivity contribution < 1.29 is 9.53 Å². The highest BCUT2D eigenvalue weighted by Gasteiger charge is 2.07. The number of thiophene rings is 1. The molecule has 1 heterocycles. The van der Waals surface area contributed by atoms with Crippen LogP contribution in [0.3, 0.4) is 0 Å². The molecule has 22 heavy (non-hydrogen) atoms. The van der Waals surface area contributed by atoms with E-state index in [1.165, 1.54) is 4.70 Å². The van der Waals surface area contributed by atoms with Gasteiger partial charge in [0.25, 0.3) is 0 Å². The molecular weight excluding hydrogens is 294 g/mol. The maximum Gasteiger partial charge on any atom is 0.217 e. The Hall–Kier alpha value is -2.33. The van der Waals surface area contributed by atoms with Crippen molar-refractivity contribution in [3.63, 3.8) is 0 Å². The van der Waals surface area contributed by atoms with Crippen molar-refractivity contribution in [3.8, 4) is 5.75 Å². The zero-order valence-corrected chi connectivity index (χ0v) is 12.9. The van der Waals surface area contributed by atoms with Crippen LogP contribution in [0.15, 0.2) is 53.9 Å². The largest absolute Gasteiger partial charge is 0.489 e. The van der Waals surface area contributed by atoms with Gasteiger partial charge in [0.2, 0.25) is 5.91 Å². The first-order chi connectivity index (χ1) is 10.7. The van der Waals surface area contributed by atoms with Gasteiger partial charge in [-0.1, -0.05) is 30.3 Å². The van der Waals surface area contributed by atoms with Crippen LogP contribution >= 0.6 is 11.3 Å². The van der Waals surface area contributed by atoms with E-state index in [1.54, 1.807) is 11.3 Å². The van der Waals surface area contributed by atoms with E-state index in [0.29, 0.717) is 19.4 Å². The number of amides is 1. The van der Waals surface area contributed by atoms with Crippen molar-refractivity contribution in [2.24, 2.45) is 5.73 Å². The average Bonchev–Trinajstić information content (AvgIpc) is 2.94. The summed E-state index contributed by atoms with van der Waals surface area (Å²) in [6, 6.07) is 16.2. The summed E-state index contributed by atoms with van der Waals surface area (Å²) in [7, 11) is 0. The number of rotatable bonds is 6. The number of ether oxygens (including phenoxy) is 1. The molecule has 0 saturated heterocycles. The summed E-state index contributed by atoms with van der Waals surface area (Å²) in [6.07, 6.45) is 1.05. The van der Waals surface area contributed by atoms with E-state index >= 15 is 0 Å². The van der Waals surface area contributed by atoms with Crippen LogP contribution in [0.2, 0.25) is 0 Å². The Balaban J connectivity index is 1.76. The number of hydrogen-bond acceptors (Lipinski definition) is 3. The van der Waals surface area contributed by atoms with Gasteiger partial charge in [-0.25, -0.2) is 0 Å². The van der Waals surface area contributed by atoms with Crippen LogP contribution in [0.25, 0.3) is 10.1 Å². The van der Waals surface area contributed by atoms with Gasteiger partial charge in [0.05, 0.1) is 0 Å².